The van der Waals surface area contributed by atoms with Crippen LogP contribution in [0, 0.1) is 0 Å². The summed E-state index contributed by atoms with van der Waals surface area (Å²) in [7, 11) is -3.88. The van der Waals surface area contributed by atoms with Crippen molar-refractivity contribution in [1.82, 2.24) is 0 Å². The highest BCUT2D eigenvalue weighted by atomic mass is 79.9. The summed E-state index contributed by atoms with van der Waals surface area (Å²) in [6.45, 7) is 0.228. The minimum atomic E-state index is -3.88. The van der Waals surface area contributed by atoms with Crippen LogP contribution in [0.15, 0.2) is 51.8 Å². The van der Waals surface area contributed by atoms with Crippen LogP contribution in [0.5, 0.6) is 5.75 Å². The van der Waals surface area contributed by atoms with Crippen LogP contribution in [0.1, 0.15) is 5.56 Å². The maximum absolute atomic E-state index is 11.5. The van der Waals surface area contributed by atoms with E-state index in [4.69, 9.17) is 15.6 Å². The fourth-order valence-corrected chi connectivity index (χ4v) is 2.81. The van der Waals surface area contributed by atoms with Crippen molar-refractivity contribution in [3.05, 3.63) is 52.5 Å². The second kappa shape index (κ2) is 5.82. The van der Waals surface area contributed by atoms with E-state index in [1.165, 1.54) is 12.1 Å². The third-order valence-corrected chi connectivity index (χ3v) is 3.98. The number of ether oxygens (including phenoxy) is 1. The van der Waals surface area contributed by atoms with Crippen molar-refractivity contribution in [2.45, 2.75) is 11.5 Å². The number of hydrogen-bond acceptors (Lipinski definition) is 4. The minimum Gasteiger partial charge on any atom is -0.487 e. The molecule has 106 valence electrons. The number of rotatable bonds is 4. The van der Waals surface area contributed by atoms with E-state index in [1.54, 1.807) is 6.07 Å². The van der Waals surface area contributed by atoms with E-state index in [-0.39, 0.29) is 17.3 Å². The summed E-state index contributed by atoms with van der Waals surface area (Å²) in [6.07, 6.45) is 0. The fourth-order valence-electron chi connectivity index (χ4n) is 1.65. The lowest BCUT2D eigenvalue weighted by Crippen LogP contribution is -2.14. The van der Waals surface area contributed by atoms with Crippen molar-refractivity contribution in [3.63, 3.8) is 0 Å². The molecule has 2 aromatic carbocycles. The molecule has 0 aromatic heterocycles. The summed E-state index contributed by atoms with van der Waals surface area (Å²) in [5.74, 6) is 0.182. The monoisotopic (exact) mass is 356 g/mol. The number of primary sulfonamides is 1. The van der Waals surface area contributed by atoms with Crippen molar-refractivity contribution < 1.29 is 13.2 Å². The van der Waals surface area contributed by atoms with Gasteiger partial charge in [-0.2, -0.15) is 0 Å². The summed E-state index contributed by atoms with van der Waals surface area (Å²) in [6, 6.07) is 11.9. The molecule has 0 radical (unpaired) electrons. The van der Waals surface area contributed by atoms with Crippen LogP contribution in [0.25, 0.3) is 0 Å². The van der Waals surface area contributed by atoms with Crippen molar-refractivity contribution in [2.24, 2.45) is 5.14 Å². The SMILES string of the molecule is Nc1ccc(OCc2cccc(Br)c2)c(S(N)(=O)=O)c1. The molecule has 0 aliphatic rings. The molecule has 7 heteroatoms. The van der Waals surface area contributed by atoms with Gasteiger partial charge in [0.25, 0.3) is 0 Å². The Morgan fingerprint density at radius 3 is 2.55 bits per heavy atom. The quantitative estimate of drug-likeness (QED) is 0.821. The van der Waals surface area contributed by atoms with E-state index in [9.17, 15) is 8.42 Å². The van der Waals surface area contributed by atoms with Gasteiger partial charge in [0.1, 0.15) is 17.3 Å². The van der Waals surface area contributed by atoms with Crippen LogP contribution >= 0.6 is 15.9 Å². The number of nitrogen functional groups attached to an aromatic ring is 1. The first-order chi connectivity index (χ1) is 9.36. The number of anilines is 1. The Morgan fingerprint density at radius 2 is 1.90 bits per heavy atom. The molecule has 0 heterocycles. The molecule has 0 atom stereocenters. The molecule has 0 aliphatic carbocycles. The second-order valence-electron chi connectivity index (χ2n) is 4.17. The molecule has 4 N–H and O–H groups in total. The van der Waals surface area contributed by atoms with Crippen molar-refractivity contribution in [2.75, 3.05) is 5.73 Å². The molecular weight excluding hydrogens is 344 g/mol. The molecule has 0 saturated carbocycles. The smallest absolute Gasteiger partial charge is 0.241 e. The number of nitrogens with two attached hydrogens (primary N) is 2. The number of halogens is 1. The highest BCUT2D eigenvalue weighted by Crippen LogP contribution is 2.26. The van der Waals surface area contributed by atoms with Crippen LogP contribution in [0.3, 0.4) is 0 Å². The van der Waals surface area contributed by atoms with Gasteiger partial charge in [0, 0.05) is 10.2 Å². The molecule has 2 aromatic rings. The summed E-state index contributed by atoms with van der Waals surface area (Å²) >= 11 is 3.36. The van der Waals surface area contributed by atoms with Crippen LogP contribution in [0.4, 0.5) is 5.69 Å². The third-order valence-electron chi connectivity index (χ3n) is 2.56. The molecule has 0 amide bonds. The predicted octanol–water partition coefficient (Wildman–Crippen LogP) is 2.26. The third kappa shape index (κ3) is 3.72. The topological polar surface area (TPSA) is 95.4 Å². The lowest BCUT2D eigenvalue weighted by atomic mass is 10.2. The van der Waals surface area contributed by atoms with Gasteiger partial charge < -0.3 is 10.5 Å². The second-order valence-corrected chi connectivity index (χ2v) is 6.62. The molecule has 0 spiro atoms. The van der Waals surface area contributed by atoms with Crippen LogP contribution < -0.4 is 15.6 Å². The minimum absolute atomic E-state index is 0.118. The summed E-state index contributed by atoms with van der Waals surface area (Å²) in [5.41, 5.74) is 6.78. The van der Waals surface area contributed by atoms with E-state index in [0.717, 1.165) is 10.0 Å². The first-order valence-electron chi connectivity index (χ1n) is 5.66. The normalized spacial score (nSPS) is 11.3. The molecule has 2 rings (SSSR count). The molecule has 0 bridgehead atoms. The maximum atomic E-state index is 11.5. The number of benzene rings is 2. The summed E-state index contributed by atoms with van der Waals surface area (Å²) in [5, 5.41) is 5.15. The lowest BCUT2D eigenvalue weighted by Gasteiger charge is -2.11. The van der Waals surface area contributed by atoms with Gasteiger partial charge in [-0.3, -0.25) is 0 Å². The summed E-state index contributed by atoms with van der Waals surface area (Å²) in [4.78, 5) is -0.118. The Balaban J connectivity index is 2.26. The molecule has 0 saturated heterocycles. The van der Waals surface area contributed by atoms with Crippen molar-refractivity contribution in [1.29, 1.82) is 0 Å². The van der Waals surface area contributed by atoms with Gasteiger partial charge in [-0.15, -0.1) is 0 Å². The zero-order valence-electron chi connectivity index (χ0n) is 10.4. The van der Waals surface area contributed by atoms with E-state index in [1.807, 2.05) is 24.3 Å². The van der Waals surface area contributed by atoms with Gasteiger partial charge in [-0.1, -0.05) is 28.1 Å². The Morgan fingerprint density at radius 1 is 1.15 bits per heavy atom. The Kier molecular flexibility index (Phi) is 4.32. The van der Waals surface area contributed by atoms with Crippen molar-refractivity contribution in [3.8, 4) is 5.75 Å². The van der Waals surface area contributed by atoms with E-state index < -0.39 is 10.0 Å². The first-order valence-corrected chi connectivity index (χ1v) is 8.00. The number of sulfonamides is 1. The van der Waals surface area contributed by atoms with Crippen molar-refractivity contribution >= 4 is 31.6 Å². The van der Waals surface area contributed by atoms with Gasteiger partial charge >= 0.3 is 0 Å². The van der Waals surface area contributed by atoms with E-state index >= 15 is 0 Å². The Hall–Kier alpha value is -1.57. The standard InChI is InChI=1S/C13H13BrN2O3S/c14-10-3-1-2-9(6-10)8-19-12-5-4-11(15)7-13(12)20(16,17)18/h1-7H,8,15H2,(H2,16,17,18). The average molecular weight is 357 g/mol. The highest BCUT2D eigenvalue weighted by Gasteiger charge is 2.15. The average Bonchev–Trinajstić information content (AvgIpc) is 2.36. The van der Waals surface area contributed by atoms with Crippen LogP contribution in [-0.4, -0.2) is 8.42 Å². The molecule has 5 nitrogen and oxygen atoms in total. The van der Waals surface area contributed by atoms with Gasteiger partial charge in [-0.25, -0.2) is 13.6 Å². The molecule has 0 unspecified atom stereocenters. The first kappa shape index (κ1) is 14.8. The van der Waals surface area contributed by atoms with Crippen LogP contribution in [-0.2, 0) is 16.6 Å². The van der Waals surface area contributed by atoms with Crippen LogP contribution in [0.2, 0.25) is 0 Å². The molecule has 0 aliphatic heterocycles. The predicted molar refractivity (Wildman–Crippen MR) is 80.7 cm³/mol. The summed E-state index contributed by atoms with van der Waals surface area (Å²) < 4.78 is 29.5. The van der Waals surface area contributed by atoms with Gasteiger partial charge in [-0.05, 0) is 35.9 Å². The van der Waals surface area contributed by atoms with E-state index in [0.29, 0.717) is 5.69 Å². The Bertz CT molecular complexity index is 732. The highest BCUT2D eigenvalue weighted by molar-refractivity contribution is 9.10. The molecule has 20 heavy (non-hydrogen) atoms. The van der Waals surface area contributed by atoms with Gasteiger partial charge in [0.05, 0.1) is 0 Å². The largest absolute Gasteiger partial charge is 0.487 e. The van der Waals surface area contributed by atoms with Gasteiger partial charge in [0.15, 0.2) is 0 Å². The van der Waals surface area contributed by atoms with E-state index in [2.05, 4.69) is 15.9 Å². The molecular formula is C13H13BrN2O3S. The zero-order chi connectivity index (χ0) is 14.8. The Labute approximate surface area is 125 Å². The fraction of sp³-hybridized carbons (Fsp3) is 0.0769. The zero-order valence-corrected chi connectivity index (χ0v) is 12.8. The number of hydrogen-bond donors (Lipinski definition) is 2. The van der Waals surface area contributed by atoms with Gasteiger partial charge in [0.2, 0.25) is 10.0 Å². The molecule has 0 fully saturated rings. The lowest BCUT2D eigenvalue weighted by molar-refractivity contribution is 0.298. The maximum Gasteiger partial charge on any atom is 0.241 e.